The number of fused-ring (bicyclic) bond motifs is 1. The van der Waals surface area contributed by atoms with Gasteiger partial charge in [0, 0.05) is 30.3 Å². The number of aromatic nitrogens is 2. The first kappa shape index (κ1) is 28.7. The van der Waals surface area contributed by atoms with Gasteiger partial charge in [0.2, 0.25) is 0 Å². The number of nitrogens with one attached hydrogen (secondary N) is 3. The van der Waals surface area contributed by atoms with Crippen molar-refractivity contribution in [1.29, 1.82) is 0 Å². The van der Waals surface area contributed by atoms with Crippen molar-refractivity contribution in [2.75, 3.05) is 31.6 Å². The van der Waals surface area contributed by atoms with E-state index >= 15 is 0 Å². The van der Waals surface area contributed by atoms with Crippen molar-refractivity contribution in [3.63, 3.8) is 0 Å². The van der Waals surface area contributed by atoms with Gasteiger partial charge in [-0.1, -0.05) is 69.0 Å². The van der Waals surface area contributed by atoms with Gasteiger partial charge >= 0.3 is 0 Å². The first-order valence-electron chi connectivity index (χ1n) is 13.4. The molecule has 1 aromatic heterocycles. The van der Waals surface area contributed by atoms with Gasteiger partial charge in [-0.15, -0.1) is 5.10 Å². The lowest BCUT2D eigenvalue weighted by molar-refractivity contribution is 0.169. The van der Waals surface area contributed by atoms with Gasteiger partial charge in [0.05, 0.1) is 24.4 Å². The number of aromatic amines is 1. The molecule has 0 unspecified atom stereocenters. The third kappa shape index (κ3) is 7.64. The Hall–Kier alpha value is -4.30. The molecule has 2 heterocycles. The molecule has 0 spiro atoms. The van der Waals surface area contributed by atoms with E-state index < -0.39 is 0 Å². The van der Waals surface area contributed by atoms with Crippen LogP contribution < -0.4 is 10.6 Å². The first-order chi connectivity index (χ1) is 19.4. The molecule has 4 rings (SSSR count). The Morgan fingerprint density at radius 2 is 1.98 bits per heavy atom. The van der Waals surface area contributed by atoms with Gasteiger partial charge in [0.1, 0.15) is 11.7 Å². The lowest BCUT2D eigenvalue weighted by Crippen LogP contribution is -2.35. The van der Waals surface area contributed by atoms with Crippen molar-refractivity contribution in [3.05, 3.63) is 108 Å². The van der Waals surface area contributed by atoms with Gasteiger partial charge in [-0.3, -0.25) is 5.10 Å². The number of nitrogens with zero attached hydrogens (tertiary/aromatic N) is 3. The molecule has 2 aromatic carbocycles. The average molecular weight is 541 g/mol. The van der Waals surface area contributed by atoms with Gasteiger partial charge in [0.15, 0.2) is 5.82 Å². The zero-order chi connectivity index (χ0) is 28.4. The Labute approximate surface area is 235 Å². The molecular formula is C32H37FN6O. The van der Waals surface area contributed by atoms with E-state index in [1.54, 1.807) is 6.08 Å². The fraction of sp³-hybridized carbons (Fsp3) is 0.281. The van der Waals surface area contributed by atoms with E-state index in [-0.39, 0.29) is 11.2 Å². The summed E-state index contributed by atoms with van der Waals surface area (Å²) in [5.74, 6) is 1.23. The smallest absolute Gasteiger partial charge is 0.155 e. The molecule has 0 bridgehead atoms. The van der Waals surface area contributed by atoms with Crippen molar-refractivity contribution >= 4 is 28.3 Å². The second kappa shape index (κ2) is 13.7. The number of rotatable bonds is 12. The lowest BCUT2D eigenvalue weighted by Gasteiger charge is -2.26. The summed E-state index contributed by atoms with van der Waals surface area (Å²) in [4.78, 5) is 0. The minimum atomic E-state index is -0.234. The molecular weight excluding hydrogens is 503 g/mol. The maximum Gasteiger partial charge on any atom is 0.155 e. The quantitative estimate of drug-likeness (QED) is 0.182. The van der Waals surface area contributed by atoms with Crippen LogP contribution in [0.3, 0.4) is 0 Å². The number of benzene rings is 2. The molecule has 1 aliphatic heterocycles. The highest BCUT2D eigenvalue weighted by Gasteiger charge is 2.21. The summed E-state index contributed by atoms with van der Waals surface area (Å²) in [5.41, 5.74) is 4.71. The van der Waals surface area contributed by atoms with Crippen LogP contribution in [0.2, 0.25) is 0 Å². The van der Waals surface area contributed by atoms with Crippen LogP contribution in [0.5, 0.6) is 0 Å². The van der Waals surface area contributed by atoms with Crippen LogP contribution in [0.1, 0.15) is 38.3 Å². The molecule has 3 N–H and O–H groups in total. The van der Waals surface area contributed by atoms with Crippen LogP contribution in [0.15, 0.2) is 101 Å². The Bertz CT molecular complexity index is 1460. The molecule has 208 valence electrons. The first-order valence-corrected chi connectivity index (χ1v) is 13.4. The van der Waals surface area contributed by atoms with Crippen molar-refractivity contribution in [2.45, 2.75) is 32.6 Å². The average Bonchev–Trinajstić information content (AvgIpc) is 3.19. The number of allylic oxidation sites excluding steroid dienone is 4. The fourth-order valence-electron chi connectivity index (χ4n) is 4.33. The topological polar surface area (TPSA) is 86.7 Å². The van der Waals surface area contributed by atoms with Gasteiger partial charge in [0.25, 0.3) is 0 Å². The minimum Gasteiger partial charge on any atom is -0.375 e. The molecule has 1 aliphatic rings. The maximum atomic E-state index is 13.3. The highest BCUT2D eigenvalue weighted by molar-refractivity contribution is 6.07. The van der Waals surface area contributed by atoms with E-state index in [9.17, 15) is 4.39 Å². The molecule has 0 amide bonds. The van der Waals surface area contributed by atoms with Crippen LogP contribution in [-0.2, 0) is 10.2 Å². The second-order valence-electron chi connectivity index (χ2n) is 10.2. The van der Waals surface area contributed by atoms with E-state index in [0.29, 0.717) is 38.6 Å². The molecule has 0 saturated carbocycles. The number of H-pyrrole nitrogens is 1. The van der Waals surface area contributed by atoms with Crippen LogP contribution >= 0.6 is 0 Å². The summed E-state index contributed by atoms with van der Waals surface area (Å²) in [6.45, 7) is 12.3. The molecule has 40 heavy (non-hydrogen) atoms. The van der Waals surface area contributed by atoms with Crippen LogP contribution in [0, 0.1) is 5.82 Å². The number of halogens is 1. The predicted molar refractivity (Wildman–Crippen MR) is 164 cm³/mol. The summed E-state index contributed by atoms with van der Waals surface area (Å²) < 4.78 is 19.1. The SMILES string of the molecule is C=C/C=C(\C=C/C)COCCNc1n[nH]c2ccc(C3=NN=C(NCC(C)(C)c4ccc(F)cc4)C=CC3)cc12. The van der Waals surface area contributed by atoms with E-state index in [1.165, 1.54) is 12.1 Å². The zero-order valence-corrected chi connectivity index (χ0v) is 23.4. The van der Waals surface area contributed by atoms with E-state index in [0.717, 1.165) is 39.1 Å². The number of hydrogen-bond donors (Lipinski definition) is 3. The van der Waals surface area contributed by atoms with Gasteiger partial charge in [-0.2, -0.15) is 10.2 Å². The molecule has 8 heteroatoms. The van der Waals surface area contributed by atoms with Gasteiger partial charge in [-0.05, 0) is 54.0 Å². The maximum absolute atomic E-state index is 13.3. The zero-order valence-electron chi connectivity index (χ0n) is 23.4. The van der Waals surface area contributed by atoms with Gasteiger partial charge in [-0.25, -0.2) is 4.39 Å². The summed E-state index contributed by atoms with van der Waals surface area (Å²) >= 11 is 0. The molecule has 0 aliphatic carbocycles. The lowest BCUT2D eigenvalue weighted by atomic mass is 9.84. The number of ether oxygens (including phenoxy) is 1. The van der Waals surface area contributed by atoms with Gasteiger partial charge < -0.3 is 15.4 Å². The molecule has 0 saturated heterocycles. The largest absolute Gasteiger partial charge is 0.375 e. The van der Waals surface area contributed by atoms with Crippen molar-refractivity contribution < 1.29 is 9.13 Å². The van der Waals surface area contributed by atoms with Crippen molar-refractivity contribution in [1.82, 2.24) is 15.5 Å². The van der Waals surface area contributed by atoms with Crippen LogP contribution in [0.4, 0.5) is 10.2 Å². The summed E-state index contributed by atoms with van der Waals surface area (Å²) in [6, 6.07) is 12.7. The fourth-order valence-corrected chi connectivity index (χ4v) is 4.33. The molecule has 3 aromatic rings. The molecule has 0 atom stereocenters. The van der Waals surface area contributed by atoms with E-state index in [1.807, 2.05) is 55.5 Å². The molecule has 0 radical (unpaired) electrons. The van der Waals surface area contributed by atoms with E-state index in [4.69, 9.17) is 4.74 Å². The monoisotopic (exact) mass is 540 g/mol. The normalized spacial score (nSPS) is 14.2. The van der Waals surface area contributed by atoms with E-state index in [2.05, 4.69) is 63.6 Å². The second-order valence-corrected chi connectivity index (χ2v) is 10.2. The summed E-state index contributed by atoms with van der Waals surface area (Å²) in [6.07, 6.45) is 12.4. The van der Waals surface area contributed by atoms with Crippen LogP contribution in [0.25, 0.3) is 10.9 Å². The Morgan fingerprint density at radius 1 is 1.15 bits per heavy atom. The minimum absolute atomic E-state index is 0.208. The molecule has 7 nitrogen and oxygen atoms in total. The Balaban J connectivity index is 1.38. The predicted octanol–water partition coefficient (Wildman–Crippen LogP) is 6.45. The standard InChI is InChI=1S/C32H37FN6O/c1-5-8-23(9-6-2)21-40-19-18-34-31-27-20-24(12-17-29(27)37-39-31)28-10-7-11-30(38-36-28)35-22-32(3,4)25-13-15-26(33)16-14-25/h5-9,11-17,20H,1,10,18-19,21-22H2,2-4H3,(H,35,38)(H2,34,37,39)/b9-6-,23-8+. The Morgan fingerprint density at radius 3 is 2.75 bits per heavy atom. The molecule has 0 fully saturated rings. The van der Waals surface area contributed by atoms with Crippen LogP contribution in [-0.4, -0.2) is 48.0 Å². The van der Waals surface area contributed by atoms with Crippen molar-refractivity contribution in [2.24, 2.45) is 10.2 Å². The number of hydrogen-bond acceptors (Lipinski definition) is 6. The Kier molecular flexibility index (Phi) is 9.81. The highest BCUT2D eigenvalue weighted by atomic mass is 19.1. The number of amidine groups is 1. The third-order valence-corrected chi connectivity index (χ3v) is 6.62. The highest BCUT2D eigenvalue weighted by Crippen LogP contribution is 2.24. The van der Waals surface area contributed by atoms with Crippen molar-refractivity contribution in [3.8, 4) is 0 Å². The summed E-state index contributed by atoms with van der Waals surface area (Å²) in [7, 11) is 0. The third-order valence-electron chi connectivity index (χ3n) is 6.62. The summed E-state index contributed by atoms with van der Waals surface area (Å²) in [5, 5.41) is 24.3. The number of anilines is 1.